The molecule has 1 atom stereocenters. The minimum Gasteiger partial charge on any atom is -0.366 e. The number of carbonyl (C=O) groups excluding carboxylic acids is 2. The number of hydrogen-bond donors (Lipinski definition) is 3. The van der Waals surface area contributed by atoms with E-state index < -0.39 is 27.7 Å². The fraction of sp³-hybridized carbons (Fsp3) is 0.385. The van der Waals surface area contributed by atoms with Crippen molar-refractivity contribution in [3.8, 4) is 0 Å². The van der Waals surface area contributed by atoms with Crippen molar-refractivity contribution >= 4 is 21.7 Å². The maximum absolute atomic E-state index is 11.7. The zero-order chi connectivity index (χ0) is 16.0. The van der Waals surface area contributed by atoms with Crippen LogP contribution in [0.25, 0.3) is 0 Å². The monoisotopic (exact) mass is 313 g/mol. The molecule has 1 aromatic rings. The number of benzene rings is 1. The Morgan fingerprint density at radius 3 is 2.57 bits per heavy atom. The van der Waals surface area contributed by atoms with Crippen LogP contribution in [0.5, 0.6) is 0 Å². The maximum atomic E-state index is 11.7. The summed E-state index contributed by atoms with van der Waals surface area (Å²) in [5.74, 6) is -1.13. The summed E-state index contributed by atoms with van der Waals surface area (Å²) in [5, 5.41) is 2.59. The van der Waals surface area contributed by atoms with Crippen molar-refractivity contribution in [2.45, 2.75) is 19.0 Å². The van der Waals surface area contributed by atoms with Gasteiger partial charge in [0, 0.05) is 18.4 Å². The van der Waals surface area contributed by atoms with Gasteiger partial charge in [-0.25, -0.2) is 8.42 Å². The minimum atomic E-state index is -3.15. The molecule has 0 aliphatic carbocycles. The van der Waals surface area contributed by atoms with Gasteiger partial charge in [-0.15, -0.1) is 0 Å². The molecule has 1 unspecified atom stereocenters. The molecular weight excluding hydrogens is 294 g/mol. The summed E-state index contributed by atoms with van der Waals surface area (Å²) in [7, 11) is -3.15. The van der Waals surface area contributed by atoms with E-state index in [4.69, 9.17) is 11.5 Å². The van der Waals surface area contributed by atoms with Crippen LogP contribution in [0.2, 0.25) is 0 Å². The molecule has 0 heterocycles. The van der Waals surface area contributed by atoms with Crippen molar-refractivity contribution in [2.75, 3.05) is 12.0 Å². The third-order valence-electron chi connectivity index (χ3n) is 2.81. The standard InChI is InChI=1S/C13H19N3O4S/c1-21(19,20)6-5-11(14)13(18)16-8-9-3-2-4-10(7-9)12(15)17/h2-4,7,11H,5-6,8,14H2,1H3,(H2,15,17)(H,16,18). The van der Waals surface area contributed by atoms with Gasteiger partial charge in [0.25, 0.3) is 0 Å². The quantitative estimate of drug-likeness (QED) is 0.604. The zero-order valence-electron chi connectivity index (χ0n) is 11.7. The Morgan fingerprint density at radius 2 is 2.00 bits per heavy atom. The molecule has 7 nitrogen and oxygen atoms in total. The van der Waals surface area contributed by atoms with Crippen molar-refractivity contribution in [1.29, 1.82) is 0 Å². The summed E-state index contributed by atoms with van der Waals surface area (Å²) < 4.78 is 22.0. The van der Waals surface area contributed by atoms with E-state index in [-0.39, 0.29) is 18.7 Å². The fourth-order valence-corrected chi connectivity index (χ4v) is 2.31. The molecular formula is C13H19N3O4S. The van der Waals surface area contributed by atoms with Crippen LogP contribution < -0.4 is 16.8 Å². The lowest BCUT2D eigenvalue weighted by atomic mass is 10.1. The first kappa shape index (κ1) is 17.1. The molecule has 0 bridgehead atoms. The second-order valence-corrected chi connectivity index (χ2v) is 7.07. The highest BCUT2D eigenvalue weighted by Crippen LogP contribution is 2.04. The van der Waals surface area contributed by atoms with E-state index in [1.807, 2.05) is 0 Å². The number of rotatable bonds is 7. The number of nitrogens with two attached hydrogens (primary N) is 2. The van der Waals surface area contributed by atoms with Crippen LogP contribution in [0.3, 0.4) is 0 Å². The number of nitrogens with one attached hydrogen (secondary N) is 1. The Labute approximate surface area is 123 Å². The highest BCUT2D eigenvalue weighted by atomic mass is 32.2. The third kappa shape index (κ3) is 6.37. The maximum Gasteiger partial charge on any atom is 0.248 e. The van der Waals surface area contributed by atoms with Gasteiger partial charge in [0.05, 0.1) is 11.8 Å². The van der Waals surface area contributed by atoms with Crippen LogP contribution in [-0.4, -0.2) is 38.3 Å². The van der Waals surface area contributed by atoms with Gasteiger partial charge in [-0.2, -0.15) is 0 Å². The molecule has 1 aromatic carbocycles. The van der Waals surface area contributed by atoms with E-state index in [1.165, 1.54) is 0 Å². The summed E-state index contributed by atoms with van der Waals surface area (Å²) in [6, 6.07) is 5.65. The van der Waals surface area contributed by atoms with Gasteiger partial charge in [0.1, 0.15) is 9.84 Å². The van der Waals surface area contributed by atoms with Gasteiger partial charge in [-0.1, -0.05) is 12.1 Å². The molecule has 21 heavy (non-hydrogen) atoms. The van der Waals surface area contributed by atoms with E-state index in [0.717, 1.165) is 6.26 Å². The van der Waals surface area contributed by atoms with Gasteiger partial charge < -0.3 is 16.8 Å². The fourth-order valence-electron chi connectivity index (χ4n) is 1.63. The molecule has 0 fully saturated rings. The predicted molar refractivity (Wildman–Crippen MR) is 79.1 cm³/mol. The van der Waals surface area contributed by atoms with E-state index >= 15 is 0 Å². The first-order valence-corrected chi connectivity index (χ1v) is 8.35. The van der Waals surface area contributed by atoms with Gasteiger partial charge in [-0.05, 0) is 24.1 Å². The summed E-state index contributed by atoms with van der Waals surface area (Å²) in [4.78, 5) is 22.8. The number of primary amides is 1. The Bertz CT molecular complexity index is 628. The normalized spacial score (nSPS) is 12.7. The molecule has 8 heteroatoms. The average molecular weight is 313 g/mol. The number of sulfone groups is 1. The average Bonchev–Trinajstić information content (AvgIpc) is 2.41. The van der Waals surface area contributed by atoms with Crippen LogP contribution in [0.1, 0.15) is 22.3 Å². The summed E-state index contributed by atoms with van der Waals surface area (Å²) >= 11 is 0. The number of carbonyl (C=O) groups is 2. The lowest BCUT2D eigenvalue weighted by Gasteiger charge is -2.12. The summed E-state index contributed by atoms with van der Waals surface area (Å²) in [6.07, 6.45) is 1.15. The second-order valence-electron chi connectivity index (χ2n) is 4.81. The van der Waals surface area contributed by atoms with Crippen molar-refractivity contribution in [3.63, 3.8) is 0 Å². The first-order chi connectivity index (χ1) is 9.69. The van der Waals surface area contributed by atoms with Crippen LogP contribution in [0.4, 0.5) is 0 Å². The highest BCUT2D eigenvalue weighted by molar-refractivity contribution is 7.90. The molecule has 5 N–H and O–H groups in total. The van der Waals surface area contributed by atoms with E-state index in [1.54, 1.807) is 24.3 Å². The number of amides is 2. The molecule has 0 aromatic heterocycles. The van der Waals surface area contributed by atoms with E-state index in [9.17, 15) is 18.0 Å². The Kier molecular flexibility index (Phi) is 5.86. The number of hydrogen-bond acceptors (Lipinski definition) is 5. The van der Waals surface area contributed by atoms with Gasteiger partial charge in [0.2, 0.25) is 11.8 Å². The molecule has 0 radical (unpaired) electrons. The first-order valence-electron chi connectivity index (χ1n) is 6.29. The van der Waals surface area contributed by atoms with Crippen molar-refractivity contribution in [2.24, 2.45) is 11.5 Å². The topological polar surface area (TPSA) is 132 Å². The molecule has 0 saturated carbocycles. The molecule has 1 rings (SSSR count). The van der Waals surface area contributed by atoms with Crippen molar-refractivity contribution in [3.05, 3.63) is 35.4 Å². The van der Waals surface area contributed by atoms with Crippen LogP contribution >= 0.6 is 0 Å². The summed E-state index contributed by atoms with van der Waals surface area (Å²) in [5.41, 5.74) is 11.8. The minimum absolute atomic E-state index is 0.0615. The molecule has 0 spiro atoms. The van der Waals surface area contributed by atoms with E-state index in [2.05, 4.69) is 5.32 Å². The Hall–Kier alpha value is -1.93. The van der Waals surface area contributed by atoms with Crippen molar-refractivity contribution in [1.82, 2.24) is 5.32 Å². The molecule has 0 saturated heterocycles. The van der Waals surface area contributed by atoms with Gasteiger partial charge in [-0.3, -0.25) is 9.59 Å². The van der Waals surface area contributed by atoms with Crippen LogP contribution in [-0.2, 0) is 21.2 Å². The third-order valence-corrected chi connectivity index (χ3v) is 3.79. The van der Waals surface area contributed by atoms with Gasteiger partial charge >= 0.3 is 0 Å². The van der Waals surface area contributed by atoms with E-state index in [0.29, 0.717) is 11.1 Å². The SMILES string of the molecule is CS(=O)(=O)CCC(N)C(=O)NCc1cccc(C(N)=O)c1. The predicted octanol–water partition coefficient (Wildman–Crippen LogP) is -0.836. The smallest absolute Gasteiger partial charge is 0.248 e. The van der Waals surface area contributed by atoms with Gasteiger partial charge in [0.15, 0.2) is 0 Å². The molecule has 116 valence electrons. The lowest BCUT2D eigenvalue weighted by Crippen LogP contribution is -2.41. The lowest BCUT2D eigenvalue weighted by molar-refractivity contribution is -0.122. The van der Waals surface area contributed by atoms with Crippen molar-refractivity contribution < 1.29 is 18.0 Å². The molecule has 0 aliphatic heterocycles. The molecule has 2 amide bonds. The largest absolute Gasteiger partial charge is 0.366 e. The second kappa shape index (κ2) is 7.19. The van der Waals surface area contributed by atoms with Crippen LogP contribution in [0.15, 0.2) is 24.3 Å². The highest BCUT2D eigenvalue weighted by Gasteiger charge is 2.15. The zero-order valence-corrected chi connectivity index (χ0v) is 12.5. The Balaban J connectivity index is 2.52. The van der Waals surface area contributed by atoms with Crippen LogP contribution in [0, 0.1) is 0 Å². The molecule has 0 aliphatic rings. The Morgan fingerprint density at radius 1 is 1.33 bits per heavy atom. The summed E-state index contributed by atoms with van der Waals surface area (Å²) in [6.45, 7) is 0.187.